The third-order valence-electron chi connectivity index (χ3n) is 11.6. The molecular weight excluding hydrogens is 701 g/mol. The van der Waals surface area contributed by atoms with E-state index < -0.39 is 0 Å². The maximum Gasteiger partial charge on any atom is 0.0561 e. The SMILES string of the molecule is c1ccc(-c2cc(-c3ccc4ccccc4c3)ccc2N(c2ccc3c4ccccc4n(-c4ccccc4)c3c2)c2ccccc2-c2cccc3ccccc23)cc1. The Morgan fingerprint density at radius 3 is 1.76 bits per heavy atom. The lowest BCUT2D eigenvalue weighted by Gasteiger charge is -2.30. The first-order valence-electron chi connectivity index (χ1n) is 19.9. The van der Waals surface area contributed by atoms with Crippen LogP contribution >= 0.6 is 0 Å². The zero-order valence-electron chi connectivity index (χ0n) is 31.8. The van der Waals surface area contributed by atoms with Gasteiger partial charge in [0.2, 0.25) is 0 Å². The van der Waals surface area contributed by atoms with Crippen molar-refractivity contribution in [1.29, 1.82) is 0 Å². The van der Waals surface area contributed by atoms with Crippen molar-refractivity contribution in [2.75, 3.05) is 4.90 Å². The van der Waals surface area contributed by atoms with Gasteiger partial charge in [-0.15, -0.1) is 0 Å². The van der Waals surface area contributed by atoms with Crippen molar-refractivity contribution >= 4 is 60.4 Å². The summed E-state index contributed by atoms with van der Waals surface area (Å²) >= 11 is 0. The number of anilines is 3. The highest BCUT2D eigenvalue weighted by atomic mass is 15.1. The molecule has 0 amide bonds. The van der Waals surface area contributed by atoms with E-state index in [9.17, 15) is 0 Å². The van der Waals surface area contributed by atoms with Crippen molar-refractivity contribution in [2.24, 2.45) is 0 Å². The van der Waals surface area contributed by atoms with Gasteiger partial charge in [0.1, 0.15) is 0 Å². The topological polar surface area (TPSA) is 8.17 Å². The Balaban J connectivity index is 1.21. The molecule has 0 radical (unpaired) electrons. The molecule has 0 fully saturated rings. The molecule has 1 aromatic heterocycles. The summed E-state index contributed by atoms with van der Waals surface area (Å²) in [6.07, 6.45) is 0. The molecule has 1 heterocycles. The lowest BCUT2D eigenvalue weighted by molar-refractivity contribution is 1.18. The fraction of sp³-hybridized carbons (Fsp3) is 0. The van der Waals surface area contributed by atoms with Crippen LogP contribution in [0.4, 0.5) is 17.1 Å². The molecule has 0 atom stereocenters. The second-order valence-electron chi connectivity index (χ2n) is 14.9. The second kappa shape index (κ2) is 14.1. The summed E-state index contributed by atoms with van der Waals surface area (Å²) in [4.78, 5) is 2.48. The Morgan fingerprint density at radius 2 is 0.897 bits per heavy atom. The van der Waals surface area contributed by atoms with Crippen LogP contribution in [0.15, 0.2) is 231 Å². The minimum Gasteiger partial charge on any atom is -0.309 e. The molecule has 0 unspecified atom stereocenters. The quantitative estimate of drug-likeness (QED) is 0.158. The van der Waals surface area contributed by atoms with Crippen molar-refractivity contribution < 1.29 is 0 Å². The van der Waals surface area contributed by atoms with E-state index in [1.54, 1.807) is 0 Å². The van der Waals surface area contributed by atoms with Gasteiger partial charge in [0.15, 0.2) is 0 Å². The molecule has 58 heavy (non-hydrogen) atoms. The Bertz CT molecular complexity index is 3280. The lowest BCUT2D eigenvalue weighted by atomic mass is 9.93. The van der Waals surface area contributed by atoms with Gasteiger partial charge in [-0.25, -0.2) is 0 Å². The molecule has 272 valence electrons. The first-order valence-corrected chi connectivity index (χ1v) is 19.9. The first kappa shape index (κ1) is 33.6. The molecule has 0 saturated heterocycles. The van der Waals surface area contributed by atoms with Gasteiger partial charge in [0.05, 0.1) is 22.4 Å². The molecule has 11 rings (SSSR count). The van der Waals surface area contributed by atoms with Gasteiger partial charge < -0.3 is 9.47 Å². The molecule has 2 heteroatoms. The number of fused-ring (bicyclic) bond motifs is 5. The van der Waals surface area contributed by atoms with E-state index in [0.717, 1.165) is 39.4 Å². The monoisotopic (exact) mass is 738 g/mol. The van der Waals surface area contributed by atoms with E-state index in [-0.39, 0.29) is 0 Å². The standard InChI is InChI=1S/C56H38N2/c1-3-17-41(18-4-1)52-37-44(43-31-30-39-16-7-8-20-42(39)36-43)32-35-55(52)58(53-28-13-11-25-49(53)48-27-15-21-40-19-9-10-24-47(40)48)46-33-34-51-50-26-12-14-29-54(50)57(56(51)38-46)45-22-5-2-6-23-45/h1-38H. The Hall–Kier alpha value is -7.68. The van der Waals surface area contributed by atoms with E-state index in [4.69, 9.17) is 0 Å². The van der Waals surface area contributed by atoms with E-state index in [1.807, 2.05) is 0 Å². The number of para-hydroxylation sites is 3. The molecule has 0 aliphatic heterocycles. The first-order chi connectivity index (χ1) is 28.8. The van der Waals surface area contributed by atoms with Crippen LogP contribution in [0.3, 0.4) is 0 Å². The van der Waals surface area contributed by atoms with Gasteiger partial charge in [-0.05, 0) is 98.4 Å². The van der Waals surface area contributed by atoms with Crippen LogP contribution in [0.1, 0.15) is 0 Å². The molecule has 0 saturated carbocycles. The summed E-state index contributed by atoms with van der Waals surface area (Å²) < 4.78 is 2.41. The van der Waals surface area contributed by atoms with Gasteiger partial charge in [-0.2, -0.15) is 0 Å². The predicted molar refractivity (Wildman–Crippen MR) is 247 cm³/mol. The molecule has 0 N–H and O–H groups in total. The summed E-state index contributed by atoms with van der Waals surface area (Å²) in [6.45, 7) is 0. The van der Waals surface area contributed by atoms with Crippen LogP contribution in [-0.4, -0.2) is 4.57 Å². The van der Waals surface area contributed by atoms with Crippen molar-refractivity contribution in [3.63, 3.8) is 0 Å². The highest BCUT2D eigenvalue weighted by Crippen LogP contribution is 2.48. The minimum atomic E-state index is 1.08. The van der Waals surface area contributed by atoms with Crippen LogP contribution in [0.25, 0.3) is 82.4 Å². The molecule has 0 aliphatic rings. The van der Waals surface area contributed by atoms with Gasteiger partial charge in [0, 0.05) is 33.3 Å². The Labute approximate surface area is 338 Å². The maximum atomic E-state index is 2.48. The lowest BCUT2D eigenvalue weighted by Crippen LogP contribution is -2.13. The zero-order valence-corrected chi connectivity index (χ0v) is 31.8. The van der Waals surface area contributed by atoms with Crippen LogP contribution in [0.5, 0.6) is 0 Å². The van der Waals surface area contributed by atoms with Crippen molar-refractivity contribution in [2.45, 2.75) is 0 Å². The summed E-state index contributed by atoms with van der Waals surface area (Å²) in [5, 5.41) is 7.39. The maximum absolute atomic E-state index is 2.48. The predicted octanol–water partition coefficient (Wildman–Crippen LogP) is 15.6. The molecule has 2 nitrogen and oxygen atoms in total. The zero-order chi connectivity index (χ0) is 38.4. The molecule has 11 aromatic rings. The largest absolute Gasteiger partial charge is 0.309 e. The fourth-order valence-corrected chi connectivity index (χ4v) is 8.85. The number of aromatic nitrogens is 1. The van der Waals surface area contributed by atoms with Crippen molar-refractivity contribution in [1.82, 2.24) is 4.57 Å². The highest BCUT2D eigenvalue weighted by Gasteiger charge is 2.23. The van der Waals surface area contributed by atoms with Crippen LogP contribution in [0, 0.1) is 0 Å². The number of hydrogen-bond acceptors (Lipinski definition) is 1. The summed E-state index contributed by atoms with van der Waals surface area (Å²) in [7, 11) is 0. The molecule has 0 spiro atoms. The number of rotatable bonds is 7. The smallest absolute Gasteiger partial charge is 0.0561 e. The van der Waals surface area contributed by atoms with Crippen LogP contribution < -0.4 is 4.90 Å². The number of benzene rings is 10. The third-order valence-corrected chi connectivity index (χ3v) is 11.6. The van der Waals surface area contributed by atoms with E-state index in [2.05, 4.69) is 240 Å². The van der Waals surface area contributed by atoms with Gasteiger partial charge >= 0.3 is 0 Å². The fourth-order valence-electron chi connectivity index (χ4n) is 8.85. The number of nitrogens with zero attached hydrogens (tertiary/aromatic N) is 2. The third kappa shape index (κ3) is 5.74. The van der Waals surface area contributed by atoms with Crippen LogP contribution in [0.2, 0.25) is 0 Å². The van der Waals surface area contributed by atoms with E-state index in [0.29, 0.717) is 0 Å². The van der Waals surface area contributed by atoms with Gasteiger partial charge in [-0.3, -0.25) is 0 Å². The van der Waals surface area contributed by atoms with E-state index >= 15 is 0 Å². The minimum absolute atomic E-state index is 1.08. The number of hydrogen-bond donors (Lipinski definition) is 0. The molecule has 0 aliphatic carbocycles. The second-order valence-corrected chi connectivity index (χ2v) is 14.9. The van der Waals surface area contributed by atoms with Crippen molar-refractivity contribution in [3.8, 4) is 39.1 Å². The molecular formula is C56H38N2. The Morgan fingerprint density at radius 1 is 0.293 bits per heavy atom. The average molecular weight is 739 g/mol. The normalized spacial score (nSPS) is 11.4. The molecule has 10 aromatic carbocycles. The Kier molecular flexibility index (Phi) is 8.19. The summed E-state index contributed by atoms with van der Waals surface area (Å²) in [6, 6.07) is 83.9. The average Bonchev–Trinajstić information content (AvgIpc) is 3.63. The van der Waals surface area contributed by atoms with Gasteiger partial charge in [0.25, 0.3) is 0 Å². The summed E-state index contributed by atoms with van der Waals surface area (Å²) in [5.74, 6) is 0. The van der Waals surface area contributed by atoms with E-state index in [1.165, 1.54) is 60.1 Å². The van der Waals surface area contributed by atoms with Crippen molar-refractivity contribution in [3.05, 3.63) is 231 Å². The highest BCUT2D eigenvalue weighted by molar-refractivity contribution is 6.11. The van der Waals surface area contributed by atoms with Crippen LogP contribution in [-0.2, 0) is 0 Å². The summed E-state index contributed by atoms with van der Waals surface area (Å²) in [5.41, 5.74) is 13.8. The molecule has 0 bridgehead atoms. The van der Waals surface area contributed by atoms with Gasteiger partial charge in [-0.1, -0.05) is 176 Å².